The molecule has 0 rings (SSSR count). The van der Waals surface area contributed by atoms with Crippen molar-refractivity contribution in [3.05, 3.63) is 0 Å². The van der Waals surface area contributed by atoms with Crippen LogP contribution in [0.5, 0.6) is 0 Å². The molecule has 0 saturated heterocycles. The largest absolute Gasteiger partial charge is 0.450 e. The molecule has 0 heterocycles. The SMILES string of the molecule is CCCCOC(=O)N[C@@H](C)CO.CS(=O)(=O)O. The Morgan fingerprint density at radius 3 is 2.29 bits per heavy atom. The van der Waals surface area contributed by atoms with E-state index in [2.05, 4.69) is 5.32 Å². The first-order valence-corrected chi connectivity index (χ1v) is 7.02. The van der Waals surface area contributed by atoms with E-state index in [0.29, 0.717) is 12.9 Å². The van der Waals surface area contributed by atoms with E-state index in [1.807, 2.05) is 6.92 Å². The molecular formula is C9H21NO6S. The number of carbonyl (C=O) groups excluding carboxylic acids is 1. The summed E-state index contributed by atoms with van der Waals surface area (Å²) < 4.78 is 30.7. The average Bonchev–Trinajstić information content (AvgIpc) is 2.15. The van der Waals surface area contributed by atoms with E-state index in [4.69, 9.17) is 14.4 Å². The molecule has 3 N–H and O–H groups in total. The Hall–Kier alpha value is -0.860. The molecule has 0 saturated carbocycles. The molecule has 7 nitrogen and oxygen atoms in total. The molecule has 0 unspecified atom stereocenters. The summed E-state index contributed by atoms with van der Waals surface area (Å²) in [7, 11) is -3.67. The van der Waals surface area contributed by atoms with E-state index >= 15 is 0 Å². The molecule has 0 aliphatic heterocycles. The summed E-state index contributed by atoms with van der Waals surface area (Å²) in [6.07, 6.45) is 2.14. The van der Waals surface area contributed by atoms with E-state index in [1.54, 1.807) is 6.92 Å². The standard InChI is InChI=1S/C8H17NO3.CH4O3S/c1-3-4-5-12-8(11)9-7(2)6-10;1-5(2,3)4/h7,10H,3-6H2,1-2H3,(H,9,11);1H3,(H,2,3,4)/t7-;/m0./s1. The van der Waals surface area contributed by atoms with Gasteiger partial charge >= 0.3 is 6.09 Å². The van der Waals surface area contributed by atoms with Crippen LogP contribution >= 0.6 is 0 Å². The molecule has 8 heteroatoms. The van der Waals surface area contributed by atoms with Crippen molar-refractivity contribution >= 4 is 16.2 Å². The van der Waals surface area contributed by atoms with Gasteiger partial charge in [-0.25, -0.2) is 4.79 Å². The maximum absolute atomic E-state index is 10.8. The van der Waals surface area contributed by atoms with Crippen LogP contribution < -0.4 is 5.32 Å². The predicted molar refractivity (Wildman–Crippen MR) is 63.4 cm³/mol. The third-order valence-corrected chi connectivity index (χ3v) is 1.37. The van der Waals surface area contributed by atoms with Gasteiger partial charge in [0.15, 0.2) is 0 Å². The van der Waals surface area contributed by atoms with Crippen LogP contribution in [0.2, 0.25) is 0 Å². The average molecular weight is 271 g/mol. The van der Waals surface area contributed by atoms with E-state index in [9.17, 15) is 13.2 Å². The second kappa shape index (κ2) is 10.3. The van der Waals surface area contributed by atoms with Gasteiger partial charge in [0.1, 0.15) is 0 Å². The first kappa shape index (κ1) is 18.5. The van der Waals surface area contributed by atoms with Crippen molar-refractivity contribution in [1.82, 2.24) is 5.32 Å². The Kier molecular flexibility index (Phi) is 11.2. The summed E-state index contributed by atoms with van der Waals surface area (Å²) in [5.41, 5.74) is 0. The molecule has 0 aromatic heterocycles. The summed E-state index contributed by atoms with van der Waals surface area (Å²) in [5.74, 6) is 0. The highest BCUT2D eigenvalue weighted by atomic mass is 32.2. The van der Waals surface area contributed by atoms with Gasteiger partial charge in [0.2, 0.25) is 0 Å². The molecule has 0 aromatic carbocycles. The maximum Gasteiger partial charge on any atom is 0.407 e. The number of hydrogen-bond acceptors (Lipinski definition) is 5. The lowest BCUT2D eigenvalue weighted by molar-refractivity contribution is 0.135. The summed E-state index contributed by atoms with van der Waals surface area (Å²) in [6, 6.07) is -0.237. The molecule has 0 aliphatic carbocycles. The van der Waals surface area contributed by atoms with Crippen LogP contribution in [0, 0.1) is 0 Å². The summed E-state index contributed by atoms with van der Waals surface area (Å²) >= 11 is 0. The topological polar surface area (TPSA) is 113 Å². The fraction of sp³-hybridized carbons (Fsp3) is 0.889. The first-order valence-electron chi connectivity index (χ1n) is 5.17. The molecular weight excluding hydrogens is 250 g/mol. The van der Waals surface area contributed by atoms with Gasteiger partial charge in [-0.2, -0.15) is 8.42 Å². The van der Waals surface area contributed by atoms with E-state index in [1.165, 1.54) is 0 Å². The fourth-order valence-corrected chi connectivity index (χ4v) is 0.598. The minimum Gasteiger partial charge on any atom is -0.450 e. The lowest BCUT2D eigenvalue weighted by atomic mass is 10.4. The number of carbonyl (C=O) groups is 1. The normalized spacial score (nSPS) is 12.1. The minimum atomic E-state index is -3.67. The Morgan fingerprint density at radius 1 is 1.47 bits per heavy atom. The first-order chi connectivity index (χ1) is 7.70. The molecule has 0 aliphatic rings. The van der Waals surface area contributed by atoms with Crippen molar-refractivity contribution in [2.24, 2.45) is 0 Å². The van der Waals surface area contributed by atoms with E-state index in [-0.39, 0.29) is 12.6 Å². The second-order valence-electron chi connectivity index (χ2n) is 3.45. The number of nitrogens with one attached hydrogen (secondary N) is 1. The molecule has 0 spiro atoms. The van der Waals surface area contributed by atoms with Gasteiger partial charge in [-0.05, 0) is 13.3 Å². The molecule has 0 aromatic rings. The van der Waals surface area contributed by atoms with Crippen LogP contribution in [-0.2, 0) is 14.9 Å². The van der Waals surface area contributed by atoms with Crippen LogP contribution in [0.25, 0.3) is 0 Å². The highest BCUT2D eigenvalue weighted by Gasteiger charge is 2.05. The second-order valence-corrected chi connectivity index (χ2v) is 4.92. The van der Waals surface area contributed by atoms with Gasteiger partial charge < -0.3 is 15.2 Å². The maximum atomic E-state index is 10.8. The van der Waals surface area contributed by atoms with Gasteiger partial charge in [0.05, 0.1) is 25.5 Å². The third kappa shape index (κ3) is 25.4. The van der Waals surface area contributed by atoms with Crippen molar-refractivity contribution in [2.75, 3.05) is 19.5 Å². The van der Waals surface area contributed by atoms with Crippen molar-refractivity contribution in [3.8, 4) is 0 Å². The van der Waals surface area contributed by atoms with Crippen LogP contribution in [0.3, 0.4) is 0 Å². The van der Waals surface area contributed by atoms with E-state index in [0.717, 1.165) is 12.8 Å². The lowest BCUT2D eigenvalue weighted by Gasteiger charge is -2.10. The molecule has 1 atom stereocenters. The van der Waals surface area contributed by atoms with Crippen LogP contribution in [-0.4, -0.2) is 49.7 Å². The third-order valence-electron chi connectivity index (χ3n) is 1.37. The van der Waals surface area contributed by atoms with Crippen molar-refractivity contribution < 1.29 is 27.6 Å². The summed E-state index contributed by atoms with van der Waals surface area (Å²) in [5, 5.41) is 11.1. The smallest absolute Gasteiger partial charge is 0.407 e. The van der Waals surface area contributed by atoms with Gasteiger partial charge in [0, 0.05) is 0 Å². The number of alkyl carbamates (subject to hydrolysis) is 1. The summed E-state index contributed by atoms with van der Waals surface area (Å²) in [6.45, 7) is 4.11. The Bertz CT molecular complexity index is 282. The number of hydrogen-bond donors (Lipinski definition) is 3. The minimum absolute atomic E-state index is 0.0666. The highest BCUT2D eigenvalue weighted by Crippen LogP contribution is 1.89. The Labute approximate surface area is 102 Å². The molecule has 0 bridgehead atoms. The lowest BCUT2D eigenvalue weighted by Crippen LogP contribution is -2.35. The van der Waals surface area contributed by atoms with Gasteiger partial charge in [-0.15, -0.1) is 0 Å². The van der Waals surface area contributed by atoms with E-state index < -0.39 is 16.2 Å². The van der Waals surface area contributed by atoms with Crippen molar-refractivity contribution in [1.29, 1.82) is 0 Å². The Balaban J connectivity index is 0. The Morgan fingerprint density at radius 2 is 1.94 bits per heavy atom. The number of aliphatic hydroxyl groups excluding tert-OH is 1. The van der Waals surface area contributed by atoms with Crippen LogP contribution in [0.4, 0.5) is 4.79 Å². The fourth-order valence-electron chi connectivity index (χ4n) is 0.598. The van der Waals surface area contributed by atoms with Gasteiger partial charge in [-0.3, -0.25) is 4.55 Å². The molecule has 1 amide bonds. The quantitative estimate of drug-likeness (QED) is 0.492. The number of amides is 1. The van der Waals surface area contributed by atoms with Crippen molar-refractivity contribution in [2.45, 2.75) is 32.7 Å². The van der Waals surface area contributed by atoms with Gasteiger partial charge in [0.25, 0.3) is 10.1 Å². The zero-order valence-corrected chi connectivity index (χ0v) is 11.2. The monoisotopic (exact) mass is 271 g/mol. The number of ether oxygens (including phenoxy) is 1. The van der Waals surface area contributed by atoms with Crippen LogP contribution in [0.1, 0.15) is 26.7 Å². The molecule has 17 heavy (non-hydrogen) atoms. The number of rotatable bonds is 5. The molecule has 0 radical (unpaired) electrons. The predicted octanol–water partition coefficient (Wildman–Crippen LogP) is 0.398. The molecule has 104 valence electrons. The summed E-state index contributed by atoms with van der Waals surface area (Å²) in [4.78, 5) is 10.8. The van der Waals surface area contributed by atoms with Gasteiger partial charge in [-0.1, -0.05) is 13.3 Å². The number of aliphatic hydroxyl groups is 1. The highest BCUT2D eigenvalue weighted by molar-refractivity contribution is 7.85. The number of unbranched alkanes of at least 4 members (excludes halogenated alkanes) is 1. The zero-order chi connectivity index (χ0) is 13.9. The van der Waals surface area contributed by atoms with Crippen molar-refractivity contribution in [3.63, 3.8) is 0 Å². The van der Waals surface area contributed by atoms with Crippen LogP contribution in [0.15, 0.2) is 0 Å². The molecule has 0 fully saturated rings. The zero-order valence-electron chi connectivity index (χ0n) is 10.3.